The summed E-state index contributed by atoms with van der Waals surface area (Å²) in [6, 6.07) is 6.66. The smallest absolute Gasteiger partial charge is 0.273 e. The largest absolute Gasteiger partial charge is 0.365 e. The van der Waals surface area contributed by atoms with E-state index in [0.29, 0.717) is 41.3 Å². The zero-order chi connectivity index (χ0) is 21.1. The molecule has 0 radical (unpaired) electrons. The SMILES string of the molecule is Cc1nc(N[C@@H]2CCN(C)C[C@H]2C)c(Cc2ccc(F)cc2)nc1C(=O)N(C)C. The zero-order valence-electron chi connectivity index (χ0n) is 17.9. The van der Waals surface area contributed by atoms with Crippen LogP contribution in [0.5, 0.6) is 0 Å². The van der Waals surface area contributed by atoms with Crippen LogP contribution in [0.25, 0.3) is 0 Å². The van der Waals surface area contributed by atoms with Gasteiger partial charge in [0.1, 0.15) is 17.3 Å². The number of nitrogens with one attached hydrogen (secondary N) is 1. The minimum atomic E-state index is -0.272. The Bertz CT molecular complexity index is 868. The van der Waals surface area contributed by atoms with Gasteiger partial charge in [0, 0.05) is 33.1 Å². The van der Waals surface area contributed by atoms with Crippen molar-refractivity contribution in [1.82, 2.24) is 19.8 Å². The average Bonchev–Trinajstić information content (AvgIpc) is 2.67. The van der Waals surface area contributed by atoms with Crippen molar-refractivity contribution in [2.24, 2.45) is 5.92 Å². The van der Waals surface area contributed by atoms with Gasteiger partial charge in [0.15, 0.2) is 0 Å². The van der Waals surface area contributed by atoms with E-state index in [1.807, 2.05) is 6.92 Å². The molecule has 156 valence electrons. The summed E-state index contributed by atoms with van der Waals surface area (Å²) in [7, 11) is 5.54. The predicted octanol–water partition coefficient (Wildman–Crippen LogP) is 2.97. The molecule has 1 aliphatic rings. The molecule has 29 heavy (non-hydrogen) atoms. The number of nitrogens with zero attached hydrogens (tertiary/aromatic N) is 4. The number of carbonyl (C=O) groups excluding carboxylic acids is 1. The van der Waals surface area contributed by atoms with Crippen LogP contribution in [-0.4, -0.2) is 65.9 Å². The lowest BCUT2D eigenvalue weighted by molar-refractivity contribution is 0.0820. The van der Waals surface area contributed by atoms with Gasteiger partial charge in [0.2, 0.25) is 0 Å². The molecule has 0 bridgehead atoms. The maximum atomic E-state index is 13.3. The molecule has 2 heterocycles. The molecule has 0 spiro atoms. The molecule has 1 amide bonds. The van der Waals surface area contributed by atoms with Gasteiger partial charge in [-0.15, -0.1) is 0 Å². The lowest BCUT2D eigenvalue weighted by Gasteiger charge is -2.35. The summed E-state index contributed by atoms with van der Waals surface area (Å²) in [6.07, 6.45) is 1.50. The summed E-state index contributed by atoms with van der Waals surface area (Å²) in [5, 5.41) is 3.59. The monoisotopic (exact) mass is 399 g/mol. The first kappa shape index (κ1) is 21.2. The van der Waals surface area contributed by atoms with Gasteiger partial charge in [-0.25, -0.2) is 14.4 Å². The van der Waals surface area contributed by atoms with Crippen LogP contribution < -0.4 is 5.32 Å². The molecule has 2 atom stereocenters. The Hall–Kier alpha value is -2.54. The number of aromatic nitrogens is 2. The second kappa shape index (κ2) is 8.86. The van der Waals surface area contributed by atoms with Gasteiger partial charge < -0.3 is 15.1 Å². The molecular weight excluding hydrogens is 369 g/mol. The topological polar surface area (TPSA) is 61.4 Å². The first-order chi connectivity index (χ1) is 13.7. The Morgan fingerprint density at radius 2 is 1.97 bits per heavy atom. The molecule has 0 aliphatic carbocycles. The quantitative estimate of drug-likeness (QED) is 0.838. The van der Waals surface area contributed by atoms with Crippen molar-refractivity contribution >= 4 is 11.7 Å². The first-order valence-corrected chi connectivity index (χ1v) is 10.0. The van der Waals surface area contributed by atoms with Crippen LogP contribution in [0.1, 0.15) is 40.8 Å². The number of benzene rings is 1. The molecule has 1 saturated heterocycles. The van der Waals surface area contributed by atoms with E-state index in [0.717, 1.165) is 25.1 Å². The van der Waals surface area contributed by atoms with E-state index >= 15 is 0 Å². The fourth-order valence-electron chi connectivity index (χ4n) is 3.75. The standard InChI is InChI=1S/C22H30FN5O/c1-14-13-28(5)11-10-18(14)26-21-19(12-16-6-8-17(23)9-7-16)25-20(15(2)24-21)22(29)27(3)4/h6-9,14,18H,10-13H2,1-5H3,(H,24,26)/t14-,18-/m1/s1. The van der Waals surface area contributed by atoms with Gasteiger partial charge in [-0.1, -0.05) is 19.1 Å². The summed E-state index contributed by atoms with van der Waals surface area (Å²) >= 11 is 0. The molecule has 1 aromatic heterocycles. The number of amides is 1. The maximum absolute atomic E-state index is 13.3. The van der Waals surface area contributed by atoms with Crippen LogP contribution >= 0.6 is 0 Å². The third kappa shape index (κ3) is 5.09. The van der Waals surface area contributed by atoms with Crippen molar-refractivity contribution in [2.45, 2.75) is 32.7 Å². The van der Waals surface area contributed by atoms with E-state index in [-0.39, 0.29) is 11.7 Å². The summed E-state index contributed by atoms with van der Waals surface area (Å²) in [5.41, 5.74) is 2.59. The van der Waals surface area contributed by atoms with Gasteiger partial charge >= 0.3 is 0 Å². The van der Waals surface area contributed by atoms with Gasteiger partial charge in [0.05, 0.1) is 11.4 Å². The summed E-state index contributed by atoms with van der Waals surface area (Å²) in [5.74, 6) is 0.737. The number of rotatable bonds is 5. The Labute approximate surface area is 172 Å². The van der Waals surface area contributed by atoms with Crippen molar-refractivity contribution in [3.05, 3.63) is 52.7 Å². The summed E-state index contributed by atoms with van der Waals surface area (Å²) in [6.45, 7) is 6.10. The third-order valence-electron chi connectivity index (χ3n) is 5.47. The van der Waals surface area contributed by atoms with Gasteiger partial charge in [0.25, 0.3) is 5.91 Å². The second-order valence-electron chi connectivity index (χ2n) is 8.23. The normalized spacial score (nSPS) is 19.8. The van der Waals surface area contributed by atoms with E-state index in [2.05, 4.69) is 24.2 Å². The van der Waals surface area contributed by atoms with Crippen LogP contribution in [0.4, 0.5) is 10.2 Å². The number of aryl methyl sites for hydroxylation is 1. The molecule has 1 N–H and O–H groups in total. The molecule has 2 aromatic rings. The van der Waals surface area contributed by atoms with Crippen LogP contribution in [0, 0.1) is 18.7 Å². The molecule has 1 aliphatic heterocycles. The highest BCUT2D eigenvalue weighted by atomic mass is 19.1. The molecule has 6 nitrogen and oxygen atoms in total. The fourth-order valence-corrected chi connectivity index (χ4v) is 3.75. The zero-order valence-corrected chi connectivity index (χ0v) is 17.9. The molecule has 3 rings (SSSR count). The Morgan fingerprint density at radius 3 is 2.59 bits per heavy atom. The average molecular weight is 400 g/mol. The third-order valence-corrected chi connectivity index (χ3v) is 5.47. The van der Waals surface area contributed by atoms with Gasteiger partial charge in [-0.2, -0.15) is 0 Å². The highest BCUT2D eigenvalue weighted by Crippen LogP contribution is 2.24. The van der Waals surface area contributed by atoms with Gasteiger partial charge in [-0.3, -0.25) is 4.79 Å². The number of hydrogen-bond acceptors (Lipinski definition) is 5. The Balaban J connectivity index is 1.95. The van der Waals surface area contributed by atoms with E-state index in [1.165, 1.54) is 17.0 Å². The van der Waals surface area contributed by atoms with E-state index in [4.69, 9.17) is 9.97 Å². The molecule has 1 fully saturated rings. The van der Waals surface area contributed by atoms with Gasteiger partial charge in [-0.05, 0) is 50.6 Å². The maximum Gasteiger partial charge on any atom is 0.273 e. The van der Waals surface area contributed by atoms with E-state index in [1.54, 1.807) is 26.2 Å². The van der Waals surface area contributed by atoms with Crippen molar-refractivity contribution < 1.29 is 9.18 Å². The number of likely N-dealkylation sites (tertiary alicyclic amines) is 1. The minimum Gasteiger partial charge on any atom is -0.365 e. The fraction of sp³-hybridized carbons (Fsp3) is 0.500. The first-order valence-electron chi connectivity index (χ1n) is 10.0. The summed E-state index contributed by atoms with van der Waals surface area (Å²) in [4.78, 5) is 25.8. The lowest BCUT2D eigenvalue weighted by Crippen LogP contribution is -2.43. The molecular formula is C22H30FN5O. The second-order valence-corrected chi connectivity index (χ2v) is 8.23. The highest BCUT2D eigenvalue weighted by Gasteiger charge is 2.26. The number of piperidine rings is 1. The highest BCUT2D eigenvalue weighted by molar-refractivity contribution is 5.93. The molecule has 0 saturated carbocycles. The van der Waals surface area contributed by atoms with Crippen LogP contribution in [-0.2, 0) is 6.42 Å². The molecule has 0 unspecified atom stereocenters. The number of halogens is 1. The van der Waals surface area contributed by atoms with Crippen LogP contribution in [0.3, 0.4) is 0 Å². The van der Waals surface area contributed by atoms with Crippen molar-refractivity contribution in [3.63, 3.8) is 0 Å². The number of anilines is 1. The van der Waals surface area contributed by atoms with Crippen molar-refractivity contribution in [3.8, 4) is 0 Å². The van der Waals surface area contributed by atoms with Crippen molar-refractivity contribution in [2.75, 3.05) is 39.5 Å². The Kier molecular flexibility index (Phi) is 6.47. The summed E-state index contributed by atoms with van der Waals surface area (Å²) < 4.78 is 13.3. The van der Waals surface area contributed by atoms with E-state index < -0.39 is 0 Å². The Morgan fingerprint density at radius 1 is 1.28 bits per heavy atom. The minimum absolute atomic E-state index is 0.172. The van der Waals surface area contributed by atoms with Crippen LogP contribution in [0.15, 0.2) is 24.3 Å². The molecule has 7 heteroatoms. The lowest BCUT2D eigenvalue weighted by atomic mass is 9.94. The number of carbonyl (C=O) groups is 1. The number of hydrogen-bond donors (Lipinski definition) is 1. The molecule has 1 aromatic carbocycles. The predicted molar refractivity (Wildman–Crippen MR) is 113 cm³/mol. The van der Waals surface area contributed by atoms with Crippen LogP contribution in [0.2, 0.25) is 0 Å². The van der Waals surface area contributed by atoms with E-state index in [9.17, 15) is 9.18 Å². The van der Waals surface area contributed by atoms with Crippen molar-refractivity contribution in [1.29, 1.82) is 0 Å².